The van der Waals surface area contributed by atoms with E-state index in [-0.39, 0.29) is 5.91 Å². The Kier molecular flexibility index (Phi) is 3.74. The molecule has 0 saturated heterocycles. The van der Waals surface area contributed by atoms with Gasteiger partial charge in [0, 0.05) is 25.4 Å². The van der Waals surface area contributed by atoms with Crippen molar-refractivity contribution < 1.29 is 4.79 Å². The van der Waals surface area contributed by atoms with Gasteiger partial charge in [-0.05, 0) is 25.0 Å². The van der Waals surface area contributed by atoms with Crippen LogP contribution in [0.25, 0.3) is 0 Å². The zero-order chi connectivity index (χ0) is 10.6. The summed E-state index contributed by atoms with van der Waals surface area (Å²) in [4.78, 5) is 13.1. The zero-order valence-electron chi connectivity index (χ0n) is 9.13. The largest absolute Gasteiger partial charge is 0.372 e. The molecular weight excluding hydrogens is 176 g/mol. The van der Waals surface area contributed by atoms with Crippen molar-refractivity contribution in [1.29, 1.82) is 0 Å². The van der Waals surface area contributed by atoms with Crippen molar-refractivity contribution >= 4 is 5.91 Å². The van der Waals surface area contributed by atoms with Gasteiger partial charge in [-0.2, -0.15) is 0 Å². The zero-order valence-corrected chi connectivity index (χ0v) is 9.13. The molecule has 1 heterocycles. The van der Waals surface area contributed by atoms with E-state index in [9.17, 15) is 4.79 Å². The molecule has 0 saturated carbocycles. The van der Waals surface area contributed by atoms with E-state index in [1.54, 1.807) is 6.92 Å². The average molecular weight is 194 g/mol. The van der Waals surface area contributed by atoms with Gasteiger partial charge < -0.3 is 10.2 Å². The van der Waals surface area contributed by atoms with Crippen LogP contribution in [0.2, 0.25) is 0 Å². The summed E-state index contributed by atoms with van der Waals surface area (Å²) < 4.78 is 0. The van der Waals surface area contributed by atoms with Crippen molar-refractivity contribution in [3.05, 3.63) is 23.5 Å². The summed E-state index contributed by atoms with van der Waals surface area (Å²) in [6.07, 6.45) is 5.22. The fraction of sp³-hybridized carbons (Fsp3) is 0.545. The second-order valence-electron chi connectivity index (χ2n) is 3.47. The monoisotopic (exact) mass is 194 g/mol. The first-order valence-corrected chi connectivity index (χ1v) is 5.08. The fourth-order valence-electron chi connectivity index (χ4n) is 1.50. The number of amides is 1. The first kappa shape index (κ1) is 10.8. The summed E-state index contributed by atoms with van der Waals surface area (Å²) in [7, 11) is 0. The third-order valence-electron chi connectivity index (χ3n) is 2.23. The minimum absolute atomic E-state index is 0.00431. The van der Waals surface area contributed by atoms with Crippen LogP contribution in [0, 0.1) is 0 Å². The molecule has 1 N–H and O–H groups in total. The Morgan fingerprint density at radius 1 is 1.57 bits per heavy atom. The maximum absolute atomic E-state index is 10.9. The van der Waals surface area contributed by atoms with E-state index in [4.69, 9.17) is 0 Å². The lowest BCUT2D eigenvalue weighted by Gasteiger charge is -2.25. The molecule has 0 bridgehead atoms. The lowest BCUT2D eigenvalue weighted by molar-refractivity contribution is -0.118. The highest BCUT2D eigenvalue weighted by molar-refractivity contribution is 5.75. The van der Waals surface area contributed by atoms with Gasteiger partial charge in [0.1, 0.15) is 0 Å². The van der Waals surface area contributed by atoms with Crippen molar-refractivity contribution in [2.24, 2.45) is 0 Å². The molecule has 1 aliphatic rings. The molecule has 3 heteroatoms. The molecule has 14 heavy (non-hydrogen) atoms. The van der Waals surface area contributed by atoms with E-state index in [0.717, 1.165) is 25.2 Å². The van der Waals surface area contributed by atoms with Crippen LogP contribution in [0.1, 0.15) is 27.2 Å². The van der Waals surface area contributed by atoms with E-state index >= 15 is 0 Å². The minimum atomic E-state index is 0.00431. The lowest BCUT2D eigenvalue weighted by Crippen LogP contribution is -2.31. The highest BCUT2D eigenvalue weighted by atomic mass is 16.1. The highest BCUT2D eigenvalue weighted by Crippen LogP contribution is 2.14. The van der Waals surface area contributed by atoms with Gasteiger partial charge >= 0.3 is 0 Å². The van der Waals surface area contributed by atoms with Crippen molar-refractivity contribution in [2.75, 3.05) is 13.1 Å². The van der Waals surface area contributed by atoms with Crippen LogP contribution < -0.4 is 5.32 Å². The molecule has 0 unspecified atom stereocenters. The van der Waals surface area contributed by atoms with E-state index in [0.29, 0.717) is 0 Å². The molecule has 3 nitrogen and oxygen atoms in total. The third-order valence-corrected chi connectivity index (χ3v) is 2.23. The lowest BCUT2D eigenvalue weighted by atomic mass is 10.1. The molecule has 78 valence electrons. The number of rotatable bonds is 3. The number of carbonyl (C=O) groups excluding carboxylic acids is 1. The Bertz CT molecular complexity index is 279. The Balaban J connectivity index is 2.72. The number of hydrogen-bond donors (Lipinski definition) is 1. The standard InChI is InChI=1S/C11H18N2O/c1-4-10-6-11(12-9(3)14)8-13(5-2)7-10/h6-7H,4-5,8H2,1-3H3,(H,12,14). The summed E-state index contributed by atoms with van der Waals surface area (Å²) in [6, 6.07) is 0. The Morgan fingerprint density at radius 2 is 2.29 bits per heavy atom. The summed E-state index contributed by atoms with van der Waals surface area (Å²) in [5.74, 6) is 0.00431. The fourth-order valence-corrected chi connectivity index (χ4v) is 1.50. The molecule has 0 fully saturated rings. The molecule has 0 aromatic carbocycles. The van der Waals surface area contributed by atoms with E-state index < -0.39 is 0 Å². The molecule has 1 amide bonds. The average Bonchev–Trinajstić information content (AvgIpc) is 2.16. The predicted molar refractivity (Wildman–Crippen MR) is 57.5 cm³/mol. The SMILES string of the molecule is CCC1=CN(CC)CC(NC(C)=O)=C1. The summed E-state index contributed by atoms with van der Waals surface area (Å²) in [5, 5.41) is 2.85. The number of nitrogens with one attached hydrogen (secondary N) is 1. The predicted octanol–water partition coefficient (Wildman–Crippen LogP) is 1.64. The van der Waals surface area contributed by atoms with Gasteiger partial charge in [-0.15, -0.1) is 0 Å². The topological polar surface area (TPSA) is 32.3 Å². The number of likely N-dealkylation sites (N-methyl/N-ethyl adjacent to an activating group) is 1. The van der Waals surface area contributed by atoms with Crippen LogP contribution in [0.4, 0.5) is 0 Å². The summed E-state index contributed by atoms with van der Waals surface area (Å²) in [6.45, 7) is 7.55. The van der Waals surface area contributed by atoms with Crippen molar-refractivity contribution in [1.82, 2.24) is 10.2 Å². The van der Waals surface area contributed by atoms with E-state index in [1.165, 1.54) is 5.57 Å². The van der Waals surface area contributed by atoms with Gasteiger partial charge in [0.25, 0.3) is 0 Å². The molecule has 0 spiro atoms. The maximum Gasteiger partial charge on any atom is 0.221 e. The van der Waals surface area contributed by atoms with Crippen LogP contribution in [-0.4, -0.2) is 23.9 Å². The Morgan fingerprint density at radius 3 is 2.79 bits per heavy atom. The van der Waals surface area contributed by atoms with Crippen LogP contribution in [-0.2, 0) is 4.79 Å². The van der Waals surface area contributed by atoms with E-state index in [1.807, 2.05) is 0 Å². The smallest absolute Gasteiger partial charge is 0.221 e. The molecule has 0 radical (unpaired) electrons. The number of carbonyl (C=O) groups is 1. The van der Waals surface area contributed by atoms with Gasteiger partial charge in [0.05, 0.1) is 6.54 Å². The number of nitrogens with zero attached hydrogens (tertiary/aromatic N) is 1. The maximum atomic E-state index is 10.9. The molecule has 0 aromatic heterocycles. The van der Waals surface area contributed by atoms with Crippen molar-refractivity contribution in [3.63, 3.8) is 0 Å². The Hall–Kier alpha value is -1.25. The van der Waals surface area contributed by atoms with Crippen LogP contribution in [0.3, 0.4) is 0 Å². The summed E-state index contributed by atoms with van der Waals surface area (Å²) in [5.41, 5.74) is 2.26. The number of allylic oxidation sites excluding steroid dienone is 2. The Labute approximate surface area is 85.5 Å². The normalized spacial score (nSPS) is 16.1. The second-order valence-corrected chi connectivity index (χ2v) is 3.47. The number of hydrogen-bond acceptors (Lipinski definition) is 2. The first-order chi connectivity index (χ1) is 6.65. The van der Waals surface area contributed by atoms with Gasteiger partial charge in [0.2, 0.25) is 5.91 Å². The molecule has 0 atom stereocenters. The first-order valence-electron chi connectivity index (χ1n) is 5.08. The molecule has 1 aliphatic heterocycles. The highest BCUT2D eigenvalue weighted by Gasteiger charge is 2.10. The molecule has 0 aliphatic carbocycles. The van der Waals surface area contributed by atoms with E-state index in [2.05, 4.69) is 36.3 Å². The third kappa shape index (κ3) is 2.91. The van der Waals surface area contributed by atoms with Crippen molar-refractivity contribution in [3.8, 4) is 0 Å². The molecule has 1 rings (SSSR count). The van der Waals surface area contributed by atoms with Gasteiger partial charge in [-0.25, -0.2) is 0 Å². The van der Waals surface area contributed by atoms with Gasteiger partial charge in [-0.1, -0.05) is 6.92 Å². The summed E-state index contributed by atoms with van der Waals surface area (Å²) >= 11 is 0. The molecule has 0 aromatic rings. The van der Waals surface area contributed by atoms with Crippen molar-refractivity contribution in [2.45, 2.75) is 27.2 Å². The second kappa shape index (κ2) is 4.84. The quantitative estimate of drug-likeness (QED) is 0.740. The van der Waals surface area contributed by atoms with Crippen LogP contribution in [0.5, 0.6) is 0 Å². The van der Waals surface area contributed by atoms with Gasteiger partial charge in [0.15, 0.2) is 0 Å². The van der Waals surface area contributed by atoms with Crippen LogP contribution in [0.15, 0.2) is 23.5 Å². The van der Waals surface area contributed by atoms with Crippen LogP contribution >= 0.6 is 0 Å². The van der Waals surface area contributed by atoms with Gasteiger partial charge in [-0.3, -0.25) is 4.79 Å². The molecular formula is C11H18N2O. The minimum Gasteiger partial charge on any atom is -0.372 e.